The normalized spacial score (nSPS) is 12.4. The number of para-hydroxylation sites is 1. The number of aromatic nitrogens is 1. The number of aliphatic imine (C=N–C) groups is 1. The zero-order valence-electron chi connectivity index (χ0n) is 22.4. The van der Waals surface area contributed by atoms with Crippen LogP contribution in [0.5, 0.6) is 0 Å². The first-order valence-corrected chi connectivity index (χ1v) is 14.5. The van der Waals surface area contributed by atoms with Crippen LogP contribution < -0.4 is 5.73 Å². The fourth-order valence-corrected chi connectivity index (χ4v) is 6.51. The predicted molar refractivity (Wildman–Crippen MR) is 175 cm³/mol. The van der Waals surface area contributed by atoms with Gasteiger partial charge in [-0.25, -0.2) is 4.98 Å². The number of rotatable bonds is 6. The molecule has 2 aromatic heterocycles. The van der Waals surface area contributed by atoms with E-state index in [1.54, 1.807) is 11.3 Å². The molecule has 0 atom stereocenters. The van der Waals surface area contributed by atoms with Crippen molar-refractivity contribution < 1.29 is 0 Å². The number of thiophene rings is 1. The van der Waals surface area contributed by atoms with Gasteiger partial charge in [-0.15, -0.1) is 11.3 Å². The molecule has 41 heavy (non-hydrogen) atoms. The molecule has 0 amide bonds. The molecule has 4 heteroatoms. The molecule has 0 aliphatic rings. The van der Waals surface area contributed by atoms with Crippen molar-refractivity contribution in [2.75, 3.05) is 0 Å². The number of benzene rings is 5. The average Bonchev–Trinajstić information content (AvgIpc) is 3.40. The first kappa shape index (κ1) is 24.9. The van der Waals surface area contributed by atoms with E-state index in [1.807, 2.05) is 42.5 Å². The fourth-order valence-electron chi connectivity index (χ4n) is 5.29. The van der Waals surface area contributed by atoms with Gasteiger partial charge in [-0.1, -0.05) is 121 Å². The Morgan fingerprint density at radius 1 is 0.683 bits per heavy atom. The highest BCUT2D eigenvalue weighted by molar-refractivity contribution is 7.26. The van der Waals surface area contributed by atoms with Crippen molar-refractivity contribution >= 4 is 54.0 Å². The van der Waals surface area contributed by atoms with Crippen LogP contribution in [0.2, 0.25) is 0 Å². The van der Waals surface area contributed by atoms with Crippen LogP contribution in [0, 0.1) is 0 Å². The third-order valence-electron chi connectivity index (χ3n) is 7.35. The molecule has 0 fully saturated rings. The second-order valence-electron chi connectivity index (χ2n) is 10.0. The van der Waals surface area contributed by atoms with Crippen LogP contribution in [-0.2, 0) is 6.54 Å². The molecule has 0 aliphatic heterocycles. The Hall–Kier alpha value is -5.06. The third-order valence-corrected chi connectivity index (χ3v) is 8.52. The molecular weight excluding hydrogens is 518 g/mol. The maximum atomic E-state index is 7.04. The second-order valence-corrected chi connectivity index (χ2v) is 11.1. The number of allylic oxidation sites excluding steroid dienone is 1. The summed E-state index contributed by atoms with van der Waals surface area (Å²) in [7, 11) is 0. The van der Waals surface area contributed by atoms with E-state index in [4.69, 9.17) is 15.7 Å². The van der Waals surface area contributed by atoms with Crippen molar-refractivity contribution in [1.29, 1.82) is 0 Å². The van der Waals surface area contributed by atoms with Gasteiger partial charge in [0.25, 0.3) is 0 Å². The van der Waals surface area contributed by atoms with Crippen molar-refractivity contribution in [3.8, 4) is 11.1 Å². The van der Waals surface area contributed by atoms with Crippen molar-refractivity contribution in [3.63, 3.8) is 0 Å². The summed E-state index contributed by atoms with van der Waals surface area (Å²) in [6, 6.07) is 46.0. The summed E-state index contributed by atoms with van der Waals surface area (Å²) in [6.45, 7) is 0.565. The maximum absolute atomic E-state index is 7.04. The average molecular weight is 546 g/mol. The van der Waals surface area contributed by atoms with Crippen LogP contribution >= 0.6 is 11.3 Å². The molecule has 2 N–H and O–H groups in total. The third kappa shape index (κ3) is 4.90. The molecule has 0 bridgehead atoms. The van der Waals surface area contributed by atoms with Crippen LogP contribution in [0.15, 0.2) is 145 Å². The molecule has 3 nitrogen and oxygen atoms in total. The molecule has 0 saturated carbocycles. The Kier molecular flexibility index (Phi) is 6.59. The monoisotopic (exact) mass is 545 g/mol. The smallest absolute Gasteiger partial charge is 0.0903 e. The van der Waals surface area contributed by atoms with E-state index in [0.29, 0.717) is 12.2 Å². The van der Waals surface area contributed by atoms with Crippen LogP contribution in [0.25, 0.3) is 48.0 Å². The fraction of sp³-hybridized carbons (Fsp3) is 0.0270. The van der Waals surface area contributed by atoms with E-state index in [2.05, 4.69) is 97.1 Å². The Labute approximate surface area is 243 Å². The van der Waals surface area contributed by atoms with E-state index in [-0.39, 0.29) is 0 Å². The molecule has 0 aliphatic carbocycles. The molecule has 7 rings (SSSR count). The number of pyridine rings is 1. The van der Waals surface area contributed by atoms with Crippen LogP contribution in [0.4, 0.5) is 0 Å². The summed E-state index contributed by atoms with van der Waals surface area (Å²) >= 11 is 1.74. The highest BCUT2D eigenvalue weighted by Crippen LogP contribution is 2.39. The summed E-state index contributed by atoms with van der Waals surface area (Å²) < 4.78 is 2.30. The van der Waals surface area contributed by atoms with E-state index in [9.17, 15) is 0 Å². The Morgan fingerprint density at radius 3 is 2.10 bits per heavy atom. The lowest BCUT2D eigenvalue weighted by Crippen LogP contribution is -2.05. The zero-order chi connectivity index (χ0) is 27.6. The van der Waals surface area contributed by atoms with Crippen LogP contribution in [0.1, 0.15) is 16.7 Å². The lowest BCUT2D eigenvalue weighted by atomic mass is 9.99. The molecule has 196 valence electrons. The summed E-state index contributed by atoms with van der Waals surface area (Å²) in [5, 5.41) is 2.20. The van der Waals surface area contributed by atoms with Gasteiger partial charge in [-0.2, -0.15) is 0 Å². The maximum Gasteiger partial charge on any atom is 0.0903 e. The van der Waals surface area contributed by atoms with Crippen molar-refractivity contribution in [1.82, 2.24) is 4.98 Å². The van der Waals surface area contributed by atoms with E-state index in [1.165, 1.54) is 15.8 Å². The van der Waals surface area contributed by atoms with Crippen molar-refractivity contribution in [2.24, 2.45) is 10.7 Å². The lowest BCUT2D eigenvalue weighted by Gasteiger charge is -2.11. The highest BCUT2D eigenvalue weighted by atomic mass is 32.1. The van der Waals surface area contributed by atoms with Gasteiger partial charge >= 0.3 is 0 Å². The lowest BCUT2D eigenvalue weighted by molar-refractivity contribution is 1.07. The largest absolute Gasteiger partial charge is 0.398 e. The number of hydrogen-bond acceptors (Lipinski definition) is 4. The molecule has 5 aromatic carbocycles. The summed E-state index contributed by atoms with van der Waals surface area (Å²) in [5.41, 5.74) is 16.0. The van der Waals surface area contributed by atoms with Gasteiger partial charge in [0, 0.05) is 26.7 Å². The van der Waals surface area contributed by atoms with Gasteiger partial charge in [-0.3, -0.25) is 4.99 Å². The minimum Gasteiger partial charge on any atom is -0.398 e. The Balaban J connectivity index is 1.39. The summed E-state index contributed by atoms with van der Waals surface area (Å²) in [5.74, 6) is 0. The molecular formula is C37H27N3S. The Bertz CT molecular complexity index is 2060. The van der Waals surface area contributed by atoms with E-state index in [0.717, 1.165) is 48.9 Å². The van der Waals surface area contributed by atoms with E-state index >= 15 is 0 Å². The molecule has 0 unspecified atom stereocenters. The summed E-state index contributed by atoms with van der Waals surface area (Å²) in [6.07, 6.45) is 2.03. The molecule has 0 spiro atoms. The molecule has 0 radical (unpaired) electrons. The first-order chi connectivity index (χ1) is 20.2. The SMILES string of the molecule is N/C(=C\C(=N/Cc1ccccc1)c1ccc(-c2ccccc2)cc1)c1c2ccccc2nc2c1sc1ccccc12. The first-order valence-electron chi connectivity index (χ1n) is 13.7. The minimum atomic E-state index is 0.565. The number of fused-ring (bicyclic) bond motifs is 4. The molecule has 2 heterocycles. The van der Waals surface area contributed by atoms with E-state index < -0.39 is 0 Å². The van der Waals surface area contributed by atoms with Gasteiger partial charge in [-0.05, 0) is 40.5 Å². The van der Waals surface area contributed by atoms with Crippen molar-refractivity contribution in [3.05, 3.63) is 156 Å². The van der Waals surface area contributed by atoms with Gasteiger partial charge < -0.3 is 5.73 Å². The molecule has 7 aromatic rings. The van der Waals surface area contributed by atoms with Crippen LogP contribution in [-0.4, -0.2) is 10.7 Å². The molecule has 0 saturated heterocycles. The topological polar surface area (TPSA) is 51.3 Å². The summed E-state index contributed by atoms with van der Waals surface area (Å²) in [4.78, 5) is 10.1. The van der Waals surface area contributed by atoms with Crippen LogP contribution in [0.3, 0.4) is 0 Å². The highest BCUT2D eigenvalue weighted by Gasteiger charge is 2.17. The standard InChI is InChI=1S/C37H27N3S/c38-31(35-29-15-7-9-17-32(29)40-36-30-16-8-10-18-34(30)41-37(35)36)23-33(39-24-25-11-3-1-4-12-25)28-21-19-27(20-22-28)26-13-5-2-6-14-26/h1-23H,24,38H2/b31-23-,39-33+. The second kappa shape index (κ2) is 10.8. The van der Waals surface area contributed by atoms with Gasteiger partial charge in [0.2, 0.25) is 0 Å². The number of nitrogens with two attached hydrogens (primary N) is 1. The minimum absolute atomic E-state index is 0.565. The van der Waals surface area contributed by atoms with Crippen molar-refractivity contribution in [2.45, 2.75) is 6.54 Å². The predicted octanol–water partition coefficient (Wildman–Crippen LogP) is 9.26. The van der Waals surface area contributed by atoms with Gasteiger partial charge in [0.1, 0.15) is 0 Å². The number of hydrogen-bond donors (Lipinski definition) is 1. The zero-order valence-corrected chi connectivity index (χ0v) is 23.2. The number of nitrogens with zero attached hydrogens (tertiary/aromatic N) is 2. The Morgan fingerprint density at radius 2 is 1.32 bits per heavy atom. The van der Waals surface area contributed by atoms with Gasteiger partial charge in [0.15, 0.2) is 0 Å². The van der Waals surface area contributed by atoms with Gasteiger partial charge in [0.05, 0.1) is 28.0 Å². The quantitative estimate of drug-likeness (QED) is 0.212.